The molecule has 0 saturated carbocycles. The smallest absolute Gasteiger partial charge is 0.229 e. The fraction of sp³-hybridized carbons (Fsp3) is 0.200. The number of hydrogen-bond donors (Lipinski definition) is 3. The summed E-state index contributed by atoms with van der Waals surface area (Å²) in [6, 6.07) is 24.5. The van der Waals surface area contributed by atoms with E-state index in [1.165, 1.54) is 5.56 Å². The second kappa shape index (κ2) is 11.2. The Bertz CT molecular complexity index is 1490. The van der Waals surface area contributed by atoms with Crippen LogP contribution in [-0.4, -0.2) is 35.4 Å². The van der Waals surface area contributed by atoms with Gasteiger partial charge in [0, 0.05) is 53.5 Å². The summed E-state index contributed by atoms with van der Waals surface area (Å²) >= 11 is 0. The van der Waals surface area contributed by atoms with Gasteiger partial charge in [0.15, 0.2) is 0 Å². The Morgan fingerprint density at radius 1 is 0.897 bits per heavy atom. The van der Waals surface area contributed by atoms with Gasteiger partial charge in [-0.1, -0.05) is 23.8 Å². The van der Waals surface area contributed by atoms with Crippen molar-refractivity contribution in [3.8, 4) is 5.75 Å². The number of methoxy groups -OCH3 is 1. The number of anilines is 6. The molecule has 4 aromatic rings. The number of hydrogen-bond acceptors (Lipinski definition) is 7. The van der Waals surface area contributed by atoms with E-state index >= 15 is 0 Å². The van der Waals surface area contributed by atoms with Crippen LogP contribution < -0.4 is 25.6 Å². The van der Waals surface area contributed by atoms with Crippen LogP contribution in [0.2, 0.25) is 0 Å². The molecule has 0 spiro atoms. The van der Waals surface area contributed by atoms with Gasteiger partial charge in [-0.15, -0.1) is 0 Å². The molecule has 1 fully saturated rings. The number of ether oxygens (including phenoxy) is 1. The van der Waals surface area contributed by atoms with E-state index in [0.717, 1.165) is 22.8 Å². The Morgan fingerprint density at radius 3 is 2.33 bits per heavy atom. The summed E-state index contributed by atoms with van der Waals surface area (Å²) in [5.41, 5.74) is 5.10. The average Bonchev–Trinajstić information content (AvgIpc) is 3.32. The van der Waals surface area contributed by atoms with Gasteiger partial charge >= 0.3 is 0 Å². The Hall–Kier alpha value is -4.92. The molecule has 5 rings (SSSR count). The molecule has 1 aliphatic rings. The Labute approximate surface area is 227 Å². The third kappa shape index (κ3) is 6.32. The molecule has 1 aromatic heterocycles. The lowest BCUT2D eigenvalue weighted by atomic mass is 10.1. The molecule has 2 heterocycles. The summed E-state index contributed by atoms with van der Waals surface area (Å²) in [5.74, 6) is 1.10. The highest BCUT2D eigenvalue weighted by atomic mass is 16.5. The van der Waals surface area contributed by atoms with E-state index in [4.69, 9.17) is 4.74 Å². The van der Waals surface area contributed by atoms with Gasteiger partial charge in [-0.05, 0) is 62.4 Å². The van der Waals surface area contributed by atoms with Crippen molar-refractivity contribution >= 4 is 46.3 Å². The summed E-state index contributed by atoms with van der Waals surface area (Å²) < 4.78 is 5.26. The van der Waals surface area contributed by atoms with E-state index in [1.54, 1.807) is 18.1 Å². The maximum atomic E-state index is 12.9. The number of aromatic nitrogens is 2. The van der Waals surface area contributed by atoms with E-state index in [-0.39, 0.29) is 18.2 Å². The van der Waals surface area contributed by atoms with Gasteiger partial charge in [-0.3, -0.25) is 9.59 Å². The Morgan fingerprint density at radius 2 is 1.59 bits per heavy atom. The molecular formula is C30H30N6O3. The molecule has 198 valence electrons. The normalized spacial score (nSPS) is 14.7. The molecule has 0 radical (unpaired) electrons. The monoisotopic (exact) mass is 522 g/mol. The van der Waals surface area contributed by atoms with Crippen molar-refractivity contribution in [2.24, 2.45) is 5.92 Å². The zero-order chi connectivity index (χ0) is 27.4. The quantitative estimate of drug-likeness (QED) is 0.277. The van der Waals surface area contributed by atoms with Crippen LogP contribution in [0.5, 0.6) is 5.75 Å². The van der Waals surface area contributed by atoms with Crippen LogP contribution >= 0.6 is 0 Å². The van der Waals surface area contributed by atoms with E-state index in [9.17, 15) is 9.59 Å². The van der Waals surface area contributed by atoms with Crippen molar-refractivity contribution in [3.05, 3.63) is 90.1 Å². The second-order valence-electron chi connectivity index (χ2n) is 9.51. The molecule has 1 unspecified atom stereocenters. The molecule has 1 atom stereocenters. The Kier molecular flexibility index (Phi) is 7.40. The number of nitrogens with one attached hydrogen (secondary N) is 3. The number of rotatable bonds is 8. The van der Waals surface area contributed by atoms with E-state index in [2.05, 4.69) is 25.9 Å². The first kappa shape index (κ1) is 25.7. The minimum absolute atomic E-state index is 0.0840. The van der Waals surface area contributed by atoms with Crippen molar-refractivity contribution in [3.63, 3.8) is 0 Å². The van der Waals surface area contributed by atoms with Gasteiger partial charge in [0.25, 0.3) is 0 Å². The van der Waals surface area contributed by atoms with Crippen LogP contribution in [0.3, 0.4) is 0 Å². The standard InChI is InChI=1S/C30H30N6O3/c1-19-7-9-24(10-8-19)34-30-31-20(2)15-27(35-30)32-22-11-13-23(14-12-22)33-29(38)21-16-28(37)36(18-21)25-5-4-6-26(17-25)39-3/h4-15,17,21H,16,18H2,1-3H3,(H,33,38)(H2,31,32,34,35). The van der Waals surface area contributed by atoms with Crippen molar-refractivity contribution in [2.75, 3.05) is 34.5 Å². The number of amides is 2. The lowest BCUT2D eigenvalue weighted by molar-refractivity contribution is -0.122. The molecule has 0 bridgehead atoms. The van der Waals surface area contributed by atoms with E-state index in [1.807, 2.05) is 86.6 Å². The van der Waals surface area contributed by atoms with Gasteiger partial charge in [0.2, 0.25) is 17.8 Å². The molecule has 2 amide bonds. The molecular weight excluding hydrogens is 492 g/mol. The van der Waals surface area contributed by atoms with Crippen LogP contribution in [0.25, 0.3) is 0 Å². The fourth-order valence-electron chi connectivity index (χ4n) is 4.39. The number of carbonyl (C=O) groups is 2. The van der Waals surface area contributed by atoms with Crippen molar-refractivity contribution in [2.45, 2.75) is 20.3 Å². The van der Waals surface area contributed by atoms with Gasteiger partial charge in [0.1, 0.15) is 11.6 Å². The van der Waals surface area contributed by atoms with Crippen LogP contribution in [0.15, 0.2) is 78.9 Å². The first-order valence-electron chi connectivity index (χ1n) is 12.7. The summed E-state index contributed by atoms with van der Waals surface area (Å²) in [5, 5.41) is 9.46. The fourth-order valence-corrected chi connectivity index (χ4v) is 4.39. The highest BCUT2D eigenvalue weighted by Gasteiger charge is 2.35. The molecule has 3 aromatic carbocycles. The number of nitrogens with zero attached hydrogens (tertiary/aromatic N) is 3. The zero-order valence-corrected chi connectivity index (χ0v) is 22.1. The van der Waals surface area contributed by atoms with E-state index in [0.29, 0.717) is 29.7 Å². The van der Waals surface area contributed by atoms with Crippen LogP contribution in [0.1, 0.15) is 17.7 Å². The lowest BCUT2D eigenvalue weighted by Gasteiger charge is -2.17. The van der Waals surface area contributed by atoms with Crippen LogP contribution in [0.4, 0.5) is 34.5 Å². The van der Waals surface area contributed by atoms with Gasteiger partial charge in [-0.2, -0.15) is 4.98 Å². The maximum absolute atomic E-state index is 12.9. The van der Waals surface area contributed by atoms with Crippen LogP contribution in [0, 0.1) is 19.8 Å². The molecule has 1 saturated heterocycles. The zero-order valence-electron chi connectivity index (χ0n) is 22.1. The Balaban J connectivity index is 1.20. The second-order valence-corrected chi connectivity index (χ2v) is 9.51. The SMILES string of the molecule is COc1cccc(N2CC(C(=O)Nc3ccc(Nc4cc(C)nc(Nc5ccc(C)cc5)n4)cc3)CC2=O)c1. The third-order valence-corrected chi connectivity index (χ3v) is 6.45. The summed E-state index contributed by atoms with van der Waals surface area (Å²) in [6.45, 7) is 4.27. The first-order chi connectivity index (χ1) is 18.9. The third-order valence-electron chi connectivity index (χ3n) is 6.45. The number of carbonyl (C=O) groups excluding carboxylic acids is 2. The summed E-state index contributed by atoms with van der Waals surface area (Å²) in [7, 11) is 1.58. The molecule has 3 N–H and O–H groups in total. The molecule has 0 aliphatic carbocycles. The number of benzene rings is 3. The van der Waals surface area contributed by atoms with Crippen molar-refractivity contribution in [1.29, 1.82) is 0 Å². The van der Waals surface area contributed by atoms with E-state index < -0.39 is 5.92 Å². The number of aryl methyl sites for hydroxylation is 2. The molecule has 39 heavy (non-hydrogen) atoms. The van der Waals surface area contributed by atoms with Gasteiger partial charge in [0.05, 0.1) is 13.0 Å². The highest BCUT2D eigenvalue weighted by Crippen LogP contribution is 2.29. The van der Waals surface area contributed by atoms with Crippen molar-refractivity contribution < 1.29 is 14.3 Å². The predicted octanol–water partition coefficient (Wildman–Crippen LogP) is 5.58. The lowest BCUT2D eigenvalue weighted by Crippen LogP contribution is -2.28. The topological polar surface area (TPSA) is 108 Å². The average molecular weight is 523 g/mol. The van der Waals surface area contributed by atoms with Crippen molar-refractivity contribution in [1.82, 2.24) is 9.97 Å². The summed E-state index contributed by atoms with van der Waals surface area (Å²) in [6.07, 6.45) is 0.161. The minimum atomic E-state index is -0.440. The summed E-state index contributed by atoms with van der Waals surface area (Å²) in [4.78, 5) is 36.2. The highest BCUT2D eigenvalue weighted by molar-refractivity contribution is 6.03. The molecule has 9 heteroatoms. The van der Waals surface area contributed by atoms with Crippen LogP contribution in [-0.2, 0) is 9.59 Å². The molecule has 9 nitrogen and oxygen atoms in total. The predicted molar refractivity (Wildman–Crippen MR) is 153 cm³/mol. The largest absolute Gasteiger partial charge is 0.497 e. The van der Waals surface area contributed by atoms with Gasteiger partial charge in [-0.25, -0.2) is 4.98 Å². The minimum Gasteiger partial charge on any atom is -0.497 e. The molecule has 1 aliphatic heterocycles. The van der Waals surface area contributed by atoms with Gasteiger partial charge < -0.3 is 25.6 Å². The maximum Gasteiger partial charge on any atom is 0.229 e. The first-order valence-corrected chi connectivity index (χ1v) is 12.7.